The Bertz CT molecular complexity index is 286. The van der Waals surface area contributed by atoms with Crippen LogP contribution in [0.1, 0.15) is 46.0 Å². The third-order valence-corrected chi connectivity index (χ3v) is 3.44. The second kappa shape index (κ2) is 10.3. The molecule has 0 saturated heterocycles. The Morgan fingerprint density at radius 3 is 2.37 bits per heavy atom. The van der Waals surface area contributed by atoms with Crippen LogP contribution in [0.4, 0.5) is 0 Å². The van der Waals surface area contributed by atoms with Crippen LogP contribution in [0.3, 0.4) is 0 Å². The molecule has 0 atom stereocenters. The number of guanidine groups is 1. The molecule has 0 unspecified atom stereocenters. The van der Waals surface area contributed by atoms with Crippen LogP contribution in [0.2, 0.25) is 0 Å². The minimum absolute atomic E-state index is 0. The third-order valence-electron chi connectivity index (χ3n) is 3.44. The first-order valence-corrected chi connectivity index (χ1v) is 7.01. The van der Waals surface area contributed by atoms with Crippen LogP contribution in [0.5, 0.6) is 0 Å². The molecule has 0 aromatic carbocycles. The van der Waals surface area contributed by atoms with Gasteiger partial charge < -0.3 is 16.0 Å². The molecule has 19 heavy (non-hydrogen) atoms. The van der Waals surface area contributed by atoms with E-state index in [1.807, 2.05) is 18.7 Å². The first kappa shape index (κ1) is 18.5. The second-order valence-electron chi connectivity index (χ2n) is 4.75. The molecule has 0 spiro atoms. The Labute approximate surface area is 133 Å². The maximum absolute atomic E-state index is 11.7. The number of halogens is 1. The van der Waals surface area contributed by atoms with E-state index in [2.05, 4.69) is 10.3 Å². The summed E-state index contributed by atoms with van der Waals surface area (Å²) in [7, 11) is 0. The van der Waals surface area contributed by atoms with Crippen LogP contribution in [0.15, 0.2) is 4.99 Å². The van der Waals surface area contributed by atoms with Crippen molar-refractivity contribution in [3.63, 3.8) is 0 Å². The largest absolute Gasteiger partial charge is 0.370 e. The molecule has 6 heteroatoms. The van der Waals surface area contributed by atoms with E-state index in [-0.39, 0.29) is 36.4 Å². The van der Waals surface area contributed by atoms with Crippen molar-refractivity contribution in [2.45, 2.75) is 52.0 Å². The first-order valence-electron chi connectivity index (χ1n) is 7.01. The SMILES string of the molecule is CCN(CC)C(N)=NCC(=O)NC1CCCCC1.I. The van der Waals surface area contributed by atoms with E-state index in [9.17, 15) is 4.79 Å². The summed E-state index contributed by atoms with van der Waals surface area (Å²) in [5, 5.41) is 3.03. The summed E-state index contributed by atoms with van der Waals surface area (Å²) in [5.74, 6) is 0.441. The Kier molecular flexibility index (Phi) is 9.99. The maximum atomic E-state index is 11.7. The Morgan fingerprint density at radius 1 is 1.26 bits per heavy atom. The fourth-order valence-electron chi connectivity index (χ4n) is 2.32. The van der Waals surface area contributed by atoms with Gasteiger partial charge in [0.1, 0.15) is 6.54 Å². The van der Waals surface area contributed by atoms with Crippen LogP contribution >= 0.6 is 24.0 Å². The van der Waals surface area contributed by atoms with Gasteiger partial charge in [-0.1, -0.05) is 19.3 Å². The molecular formula is C13H27IN4O. The van der Waals surface area contributed by atoms with Crippen molar-refractivity contribution in [2.24, 2.45) is 10.7 Å². The van der Waals surface area contributed by atoms with Crippen LogP contribution < -0.4 is 11.1 Å². The van der Waals surface area contributed by atoms with Crippen LogP contribution in [-0.2, 0) is 4.79 Å². The van der Waals surface area contributed by atoms with Gasteiger partial charge in [-0.05, 0) is 26.7 Å². The maximum Gasteiger partial charge on any atom is 0.242 e. The quantitative estimate of drug-likeness (QED) is 0.432. The van der Waals surface area contributed by atoms with E-state index < -0.39 is 0 Å². The van der Waals surface area contributed by atoms with Crippen molar-refractivity contribution in [3.05, 3.63) is 0 Å². The minimum Gasteiger partial charge on any atom is -0.370 e. The lowest BCUT2D eigenvalue weighted by Crippen LogP contribution is -2.40. The number of nitrogens with zero attached hydrogens (tertiary/aromatic N) is 2. The molecule has 0 heterocycles. The lowest BCUT2D eigenvalue weighted by molar-refractivity contribution is -0.120. The summed E-state index contributed by atoms with van der Waals surface area (Å²) in [4.78, 5) is 17.8. The van der Waals surface area contributed by atoms with Gasteiger partial charge in [-0.15, -0.1) is 24.0 Å². The number of nitrogens with one attached hydrogen (secondary N) is 1. The van der Waals surface area contributed by atoms with E-state index in [0.29, 0.717) is 12.0 Å². The monoisotopic (exact) mass is 382 g/mol. The van der Waals surface area contributed by atoms with Gasteiger partial charge in [0.2, 0.25) is 5.91 Å². The summed E-state index contributed by atoms with van der Waals surface area (Å²) >= 11 is 0. The number of nitrogens with two attached hydrogens (primary N) is 1. The molecule has 0 bridgehead atoms. The normalized spacial score (nSPS) is 16.6. The molecule has 1 fully saturated rings. The second-order valence-corrected chi connectivity index (χ2v) is 4.75. The van der Waals surface area contributed by atoms with Gasteiger partial charge in [0.15, 0.2) is 5.96 Å². The molecule has 112 valence electrons. The topological polar surface area (TPSA) is 70.7 Å². The standard InChI is InChI=1S/C13H26N4O.HI/c1-3-17(4-2)13(14)15-10-12(18)16-11-8-6-5-7-9-11;/h11H,3-10H2,1-2H3,(H2,14,15)(H,16,18);1H. The van der Waals surface area contributed by atoms with Gasteiger partial charge in [0.05, 0.1) is 0 Å². The average molecular weight is 382 g/mol. The zero-order chi connectivity index (χ0) is 13.4. The molecule has 0 radical (unpaired) electrons. The van der Waals surface area contributed by atoms with Crippen molar-refractivity contribution in [1.82, 2.24) is 10.2 Å². The van der Waals surface area contributed by atoms with Crippen molar-refractivity contribution in [1.29, 1.82) is 0 Å². The molecule has 0 aromatic heterocycles. The van der Waals surface area contributed by atoms with Gasteiger partial charge in [0.25, 0.3) is 0 Å². The van der Waals surface area contributed by atoms with Crippen LogP contribution in [0.25, 0.3) is 0 Å². The number of carbonyl (C=O) groups excluding carboxylic acids is 1. The summed E-state index contributed by atoms with van der Waals surface area (Å²) in [6.45, 7) is 5.81. The van der Waals surface area contributed by atoms with E-state index in [0.717, 1.165) is 25.9 Å². The van der Waals surface area contributed by atoms with Crippen molar-refractivity contribution in [3.8, 4) is 0 Å². The summed E-state index contributed by atoms with van der Waals surface area (Å²) in [6, 6.07) is 0.344. The number of carbonyl (C=O) groups is 1. The number of amides is 1. The number of rotatable bonds is 5. The van der Waals surface area contributed by atoms with Crippen molar-refractivity contribution >= 4 is 35.8 Å². The number of hydrogen-bond donors (Lipinski definition) is 2. The van der Waals surface area contributed by atoms with Crippen LogP contribution in [-0.4, -0.2) is 42.4 Å². The highest BCUT2D eigenvalue weighted by Crippen LogP contribution is 2.17. The Balaban J connectivity index is 0.00000324. The highest BCUT2D eigenvalue weighted by molar-refractivity contribution is 14.0. The van der Waals surface area contributed by atoms with Gasteiger partial charge in [-0.3, -0.25) is 4.79 Å². The van der Waals surface area contributed by atoms with E-state index in [1.165, 1.54) is 19.3 Å². The predicted molar refractivity (Wildman–Crippen MR) is 89.8 cm³/mol. The van der Waals surface area contributed by atoms with Crippen LogP contribution in [0, 0.1) is 0 Å². The zero-order valence-corrected chi connectivity index (χ0v) is 14.4. The van der Waals surface area contributed by atoms with E-state index in [4.69, 9.17) is 5.73 Å². The lowest BCUT2D eigenvalue weighted by atomic mass is 9.95. The molecule has 1 amide bonds. The molecule has 1 aliphatic carbocycles. The molecule has 1 saturated carbocycles. The molecule has 3 N–H and O–H groups in total. The first-order chi connectivity index (χ1) is 8.67. The molecule has 1 rings (SSSR count). The summed E-state index contributed by atoms with van der Waals surface area (Å²) in [5.41, 5.74) is 5.82. The highest BCUT2D eigenvalue weighted by Gasteiger charge is 2.15. The smallest absolute Gasteiger partial charge is 0.242 e. The van der Waals surface area contributed by atoms with Gasteiger partial charge in [0, 0.05) is 19.1 Å². The summed E-state index contributed by atoms with van der Waals surface area (Å²) < 4.78 is 0. The lowest BCUT2D eigenvalue weighted by Gasteiger charge is -2.23. The fourth-order valence-corrected chi connectivity index (χ4v) is 2.32. The third kappa shape index (κ3) is 6.98. The zero-order valence-electron chi connectivity index (χ0n) is 12.0. The Morgan fingerprint density at radius 2 is 1.84 bits per heavy atom. The van der Waals surface area contributed by atoms with E-state index in [1.54, 1.807) is 0 Å². The number of aliphatic imine (C=N–C) groups is 1. The van der Waals surface area contributed by atoms with Gasteiger partial charge >= 0.3 is 0 Å². The molecule has 5 nitrogen and oxygen atoms in total. The molecule has 1 aliphatic rings. The molecule has 0 aliphatic heterocycles. The Hall–Kier alpha value is -0.530. The predicted octanol–water partition coefficient (Wildman–Crippen LogP) is 1.71. The minimum atomic E-state index is -0.0167. The average Bonchev–Trinajstić information content (AvgIpc) is 2.39. The van der Waals surface area contributed by atoms with Crippen molar-refractivity contribution < 1.29 is 4.79 Å². The van der Waals surface area contributed by atoms with Gasteiger partial charge in [-0.2, -0.15) is 0 Å². The molecule has 0 aromatic rings. The van der Waals surface area contributed by atoms with Crippen molar-refractivity contribution in [2.75, 3.05) is 19.6 Å². The highest BCUT2D eigenvalue weighted by atomic mass is 127. The van der Waals surface area contributed by atoms with Gasteiger partial charge in [-0.25, -0.2) is 4.99 Å². The number of hydrogen-bond acceptors (Lipinski definition) is 2. The summed E-state index contributed by atoms with van der Waals surface area (Å²) in [6.07, 6.45) is 5.92. The fraction of sp³-hybridized carbons (Fsp3) is 0.846. The van der Waals surface area contributed by atoms with E-state index >= 15 is 0 Å². The molecular weight excluding hydrogens is 355 g/mol.